The normalized spacial score (nSPS) is 14.6. The van der Waals surface area contributed by atoms with E-state index in [0.29, 0.717) is 28.5 Å². The van der Waals surface area contributed by atoms with E-state index in [2.05, 4.69) is 21.4 Å². The molecular formula is C33H30ClN4O4+. The zero-order valence-corrected chi connectivity index (χ0v) is 23.9. The number of ketones is 1. The Hall–Kier alpha value is -4.53. The minimum atomic E-state index is -0.0381. The molecule has 0 bridgehead atoms. The van der Waals surface area contributed by atoms with Gasteiger partial charge in [-0.15, -0.1) is 0 Å². The Balaban J connectivity index is 1.17. The molecule has 0 saturated carbocycles. The van der Waals surface area contributed by atoms with Crippen molar-refractivity contribution in [2.24, 2.45) is 0 Å². The van der Waals surface area contributed by atoms with Gasteiger partial charge in [0, 0.05) is 21.8 Å². The molecule has 1 saturated heterocycles. The Morgan fingerprint density at radius 1 is 0.976 bits per heavy atom. The minimum Gasteiger partial charge on any atom is -0.497 e. The van der Waals surface area contributed by atoms with E-state index in [9.17, 15) is 4.79 Å². The summed E-state index contributed by atoms with van der Waals surface area (Å²) in [5.41, 5.74) is 5.26. The number of carbonyl (C=O) groups is 1. The number of carbonyl (C=O) groups excluding carboxylic acids is 1. The molecule has 7 rings (SSSR count). The molecule has 2 heterocycles. The third-order valence-electron chi connectivity index (χ3n) is 8.10. The first-order valence-electron chi connectivity index (χ1n) is 14.1. The van der Waals surface area contributed by atoms with Gasteiger partial charge in [-0.05, 0) is 54.6 Å². The van der Waals surface area contributed by atoms with Gasteiger partial charge in [-0.3, -0.25) is 4.79 Å². The van der Waals surface area contributed by atoms with Crippen LogP contribution in [-0.2, 0) is 0 Å². The monoisotopic (exact) mass is 581 g/mol. The Kier molecular flexibility index (Phi) is 6.93. The zero-order valence-electron chi connectivity index (χ0n) is 23.2. The van der Waals surface area contributed by atoms with Crippen LogP contribution in [0.3, 0.4) is 0 Å². The van der Waals surface area contributed by atoms with Crippen molar-refractivity contribution >= 4 is 45.3 Å². The predicted octanol–water partition coefficient (Wildman–Crippen LogP) is 5.23. The second kappa shape index (κ2) is 11.0. The molecule has 8 nitrogen and oxygen atoms in total. The molecule has 42 heavy (non-hydrogen) atoms. The van der Waals surface area contributed by atoms with Crippen LogP contribution >= 0.6 is 11.6 Å². The maximum absolute atomic E-state index is 13.9. The summed E-state index contributed by atoms with van der Waals surface area (Å²) in [7, 11) is 1.64. The highest BCUT2D eigenvalue weighted by Crippen LogP contribution is 2.46. The summed E-state index contributed by atoms with van der Waals surface area (Å²) in [6, 6.07) is 24.8. The molecule has 0 atom stereocenters. The maximum Gasteiger partial charge on any atom is 0.196 e. The molecule has 0 spiro atoms. The van der Waals surface area contributed by atoms with E-state index in [0.717, 1.165) is 77.8 Å². The topological polar surface area (TPSA) is 81.3 Å². The molecule has 2 aliphatic rings. The molecule has 0 amide bonds. The van der Waals surface area contributed by atoms with Crippen LogP contribution in [0, 0.1) is 0 Å². The molecule has 1 aromatic heterocycles. The molecule has 9 heteroatoms. The third-order valence-corrected chi connectivity index (χ3v) is 8.35. The number of methoxy groups -OCH3 is 1. The number of nitrogens with one attached hydrogen (secondary N) is 2. The van der Waals surface area contributed by atoms with Crippen LogP contribution in [0.5, 0.6) is 11.5 Å². The molecule has 1 fully saturated rings. The lowest BCUT2D eigenvalue weighted by molar-refractivity contribution is -0.900. The van der Waals surface area contributed by atoms with Gasteiger partial charge in [0.15, 0.2) is 11.5 Å². The number of ether oxygens (including phenoxy) is 2. The van der Waals surface area contributed by atoms with Crippen molar-refractivity contribution in [3.8, 4) is 22.8 Å². The number of nitrogens with zero attached hydrogens (tertiary/aromatic N) is 2. The number of rotatable bonds is 8. The average Bonchev–Trinajstić information content (AvgIpc) is 3.47. The van der Waals surface area contributed by atoms with Gasteiger partial charge in [0.05, 0.1) is 55.6 Å². The summed E-state index contributed by atoms with van der Waals surface area (Å²) in [6.45, 7) is 5.16. The molecule has 5 aromatic rings. The lowest BCUT2D eigenvalue weighted by Gasteiger charge is -2.34. The number of fused-ring (bicyclic) bond motifs is 2. The molecule has 4 aromatic carbocycles. The summed E-state index contributed by atoms with van der Waals surface area (Å²) >= 11 is 5.98. The number of anilines is 3. The summed E-state index contributed by atoms with van der Waals surface area (Å²) in [5, 5.41) is 9.50. The highest BCUT2D eigenvalue weighted by atomic mass is 35.5. The van der Waals surface area contributed by atoms with E-state index in [1.807, 2.05) is 72.8 Å². The number of hydrogen-bond acceptors (Lipinski definition) is 7. The minimum absolute atomic E-state index is 0.0381. The lowest BCUT2D eigenvalue weighted by atomic mass is 9.86. The molecule has 212 valence electrons. The van der Waals surface area contributed by atoms with Crippen LogP contribution in [0.1, 0.15) is 15.9 Å². The number of halogens is 1. The van der Waals surface area contributed by atoms with E-state index in [-0.39, 0.29) is 5.78 Å². The van der Waals surface area contributed by atoms with Crippen molar-refractivity contribution < 1.29 is 23.7 Å². The second-order valence-electron chi connectivity index (χ2n) is 10.6. The Morgan fingerprint density at radius 3 is 2.43 bits per heavy atom. The summed E-state index contributed by atoms with van der Waals surface area (Å²) < 4.78 is 17.2. The van der Waals surface area contributed by atoms with Crippen molar-refractivity contribution in [1.82, 2.24) is 5.16 Å². The highest BCUT2D eigenvalue weighted by molar-refractivity contribution is 6.30. The molecule has 2 N–H and O–H groups in total. The number of benzene rings is 4. The highest BCUT2D eigenvalue weighted by Gasteiger charge is 2.34. The Morgan fingerprint density at radius 2 is 1.69 bits per heavy atom. The SMILES string of the molecule is COc1ccc(Nc2cc(N3CC[NH+](CCOc4ccc(Cl)cc4)CC3)c3noc4c3c2C(=O)c2ccccc2-4)cc1. The molecule has 0 unspecified atom stereocenters. The second-order valence-corrected chi connectivity index (χ2v) is 11.0. The van der Waals surface area contributed by atoms with E-state index < -0.39 is 0 Å². The van der Waals surface area contributed by atoms with E-state index in [1.165, 1.54) is 4.90 Å². The van der Waals surface area contributed by atoms with Gasteiger partial charge < -0.3 is 29.1 Å². The maximum atomic E-state index is 13.9. The van der Waals surface area contributed by atoms with Crippen LogP contribution < -0.4 is 24.6 Å². The Labute approximate surface area is 248 Å². The number of quaternary nitrogens is 1. The number of hydrogen-bond donors (Lipinski definition) is 2. The van der Waals surface area contributed by atoms with Gasteiger partial charge >= 0.3 is 0 Å². The van der Waals surface area contributed by atoms with Gasteiger partial charge in [-0.2, -0.15) is 0 Å². The zero-order chi connectivity index (χ0) is 28.6. The predicted molar refractivity (Wildman–Crippen MR) is 164 cm³/mol. The van der Waals surface area contributed by atoms with Gasteiger partial charge in [0.2, 0.25) is 0 Å². The van der Waals surface area contributed by atoms with Crippen LogP contribution in [0.15, 0.2) is 83.4 Å². The Bertz CT molecular complexity index is 1760. The summed E-state index contributed by atoms with van der Waals surface area (Å²) in [6.07, 6.45) is 0. The quantitative estimate of drug-likeness (QED) is 0.255. The summed E-state index contributed by atoms with van der Waals surface area (Å²) in [4.78, 5) is 17.7. The van der Waals surface area contributed by atoms with Crippen molar-refractivity contribution in [2.75, 3.05) is 56.7 Å². The van der Waals surface area contributed by atoms with Gasteiger partial charge in [0.25, 0.3) is 0 Å². The van der Waals surface area contributed by atoms with Gasteiger partial charge in [-0.25, -0.2) is 0 Å². The van der Waals surface area contributed by atoms with Crippen LogP contribution in [-0.4, -0.2) is 57.4 Å². The van der Waals surface area contributed by atoms with Crippen LogP contribution in [0.2, 0.25) is 5.02 Å². The van der Waals surface area contributed by atoms with E-state index in [1.54, 1.807) is 7.11 Å². The van der Waals surface area contributed by atoms with Crippen LogP contribution in [0.4, 0.5) is 17.1 Å². The smallest absolute Gasteiger partial charge is 0.196 e. The van der Waals surface area contributed by atoms with Crippen LogP contribution in [0.25, 0.3) is 22.2 Å². The molecule has 0 radical (unpaired) electrons. The molecule has 1 aliphatic carbocycles. The molecule has 1 aliphatic heterocycles. The van der Waals surface area contributed by atoms with Crippen molar-refractivity contribution in [2.45, 2.75) is 0 Å². The van der Waals surface area contributed by atoms with Crippen molar-refractivity contribution in [3.05, 3.63) is 95.0 Å². The third kappa shape index (κ3) is 4.82. The fraction of sp³-hybridized carbons (Fsp3) is 0.212. The lowest BCUT2D eigenvalue weighted by Crippen LogP contribution is -3.15. The van der Waals surface area contributed by atoms with E-state index >= 15 is 0 Å². The molecular weight excluding hydrogens is 552 g/mol. The fourth-order valence-electron chi connectivity index (χ4n) is 5.87. The van der Waals surface area contributed by atoms with Crippen molar-refractivity contribution in [1.29, 1.82) is 0 Å². The number of piperazine rings is 1. The van der Waals surface area contributed by atoms with Crippen molar-refractivity contribution in [3.63, 3.8) is 0 Å². The van der Waals surface area contributed by atoms with E-state index in [4.69, 9.17) is 25.6 Å². The van der Waals surface area contributed by atoms with Gasteiger partial charge in [-0.1, -0.05) is 41.0 Å². The first-order valence-corrected chi connectivity index (χ1v) is 14.5. The standard InChI is InChI=1S/C33H29ClN4O4/c1-40-23-12-8-22(9-13-23)35-27-20-28(31-30-29(27)32(39)25-4-2-3-5-26(25)33(30)42-36-31)38-16-14-37(15-17-38)18-19-41-24-10-6-21(34)7-11-24/h2-13,20,35H,14-19H2,1H3/p+1. The summed E-state index contributed by atoms with van der Waals surface area (Å²) in [5.74, 6) is 2.20. The first kappa shape index (κ1) is 26.4. The van der Waals surface area contributed by atoms with Gasteiger partial charge in [0.1, 0.15) is 30.2 Å². The largest absolute Gasteiger partial charge is 0.497 e. The first-order chi connectivity index (χ1) is 20.6. The number of aromatic nitrogens is 1. The average molecular weight is 582 g/mol. The fourth-order valence-corrected chi connectivity index (χ4v) is 6.00.